The van der Waals surface area contributed by atoms with Crippen LogP contribution in [0, 0.1) is 12.8 Å². The van der Waals surface area contributed by atoms with Crippen LogP contribution in [0.4, 0.5) is 5.69 Å². The molecule has 4 nitrogen and oxygen atoms in total. The number of ether oxygens (including phenoxy) is 1. The Labute approximate surface area is 162 Å². The van der Waals surface area contributed by atoms with Crippen LogP contribution in [-0.2, 0) is 14.8 Å². The Balaban J connectivity index is 1.91. The Kier molecular flexibility index (Phi) is 4.35. The molecule has 0 N–H and O–H groups in total. The molecule has 0 bridgehead atoms. The summed E-state index contributed by atoms with van der Waals surface area (Å²) in [7, 11) is -3.69. The Morgan fingerprint density at radius 1 is 1.04 bits per heavy atom. The summed E-state index contributed by atoms with van der Waals surface area (Å²) in [6.07, 6.45) is 2.03. The van der Waals surface area contributed by atoms with Crippen molar-refractivity contribution < 1.29 is 13.2 Å². The highest BCUT2D eigenvalue weighted by Gasteiger charge is 2.52. The van der Waals surface area contributed by atoms with Crippen molar-refractivity contribution in [3.05, 3.63) is 59.7 Å². The van der Waals surface area contributed by atoms with E-state index in [1.54, 1.807) is 16.4 Å². The maximum absolute atomic E-state index is 13.7. The molecule has 2 heterocycles. The van der Waals surface area contributed by atoms with Gasteiger partial charge in [-0.05, 0) is 58.7 Å². The molecule has 3 unspecified atom stereocenters. The topological polar surface area (TPSA) is 46.6 Å². The van der Waals surface area contributed by atoms with Crippen molar-refractivity contribution in [1.29, 1.82) is 0 Å². The van der Waals surface area contributed by atoms with Crippen molar-refractivity contribution in [2.24, 2.45) is 5.92 Å². The lowest BCUT2D eigenvalue weighted by Crippen LogP contribution is -2.58. The number of anilines is 1. The molecule has 0 amide bonds. The van der Waals surface area contributed by atoms with Gasteiger partial charge in [-0.15, -0.1) is 0 Å². The highest BCUT2D eigenvalue weighted by atomic mass is 32.2. The summed E-state index contributed by atoms with van der Waals surface area (Å²) in [5, 5.41) is 0. The van der Waals surface area contributed by atoms with Crippen molar-refractivity contribution in [3.63, 3.8) is 0 Å². The average Bonchev–Trinajstić information content (AvgIpc) is 2.61. The highest BCUT2D eigenvalue weighted by molar-refractivity contribution is 7.93. The van der Waals surface area contributed by atoms with E-state index in [9.17, 15) is 8.42 Å². The summed E-state index contributed by atoms with van der Waals surface area (Å²) in [4.78, 5) is 0.333. The van der Waals surface area contributed by atoms with E-state index in [0.29, 0.717) is 4.90 Å². The van der Waals surface area contributed by atoms with E-state index in [1.807, 2.05) is 57.2 Å². The molecule has 0 radical (unpaired) electrons. The monoisotopic (exact) mass is 385 g/mol. The molecular weight excluding hydrogens is 358 g/mol. The van der Waals surface area contributed by atoms with Gasteiger partial charge in [0.15, 0.2) is 0 Å². The van der Waals surface area contributed by atoms with E-state index in [4.69, 9.17) is 4.74 Å². The lowest BCUT2D eigenvalue weighted by Gasteiger charge is -2.54. The van der Waals surface area contributed by atoms with Gasteiger partial charge in [0, 0.05) is 11.5 Å². The smallest absolute Gasteiger partial charge is 0.264 e. The second-order valence-corrected chi connectivity index (χ2v) is 10.1. The maximum atomic E-state index is 13.7. The third-order valence-electron chi connectivity index (χ3n) is 6.08. The number of nitrogens with zero attached hydrogens (tertiary/aromatic N) is 1. The molecule has 0 aliphatic carbocycles. The first-order valence-electron chi connectivity index (χ1n) is 9.59. The zero-order valence-corrected chi connectivity index (χ0v) is 17.2. The Morgan fingerprint density at radius 3 is 2.41 bits per heavy atom. The number of benzene rings is 2. The van der Waals surface area contributed by atoms with E-state index in [2.05, 4.69) is 6.92 Å². The van der Waals surface area contributed by atoms with E-state index >= 15 is 0 Å². The van der Waals surface area contributed by atoms with Crippen LogP contribution in [0.3, 0.4) is 0 Å². The minimum Gasteiger partial charge on any atom is -0.370 e. The third-order valence-corrected chi connectivity index (χ3v) is 8.10. The van der Waals surface area contributed by atoms with Crippen molar-refractivity contribution in [3.8, 4) is 0 Å². The zero-order chi connectivity index (χ0) is 19.4. The molecule has 1 fully saturated rings. The van der Waals surface area contributed by atoms with Crippen molar-refractivity contribution in [2.75, 3.05) is 4.31 Å². The van der Waals surface area contributed by atoms with Crippen LogP contribution in [-0.4, -0.2) is 20.1 Å². The summed E-state index contributed by atoms with van der Waals surface area (Å²) >= 11 is 0. The van der Waals surface area contributed by atoms with Crippen LogP contribution in [0.5, 0.6) is 0 Å². The molecule has 0 spiro atoms. The predicted molar refractivity (Wildman–Crippen MR) is 107 cm³/mol. The fourth-order valence-electron chi connectivity index (χ4n) is 4.62. The minimum atomic E-state index is -3.69. The minimum absolute atomic E-state index is 0.0654. The number of fused-ring (bicyclic) bond motifs is 3. The number of aryl methyl sites for hydroxylation is 1. The second-order valence-electron chi connectivity index (χ2n) is 8.35. The van der Waals surface area contributed by atoms with Gasteiger partial charge in [-0.3, -0.25) is 4.31 Å². The zero-order valence-electron chi connectivity index (χ0n) is 16.3. The fraction of sp³-hybridized carbons (Fsp3) is 0.455. The molecule has 3 atom stereocenters. The first-order chi connectivity index (χ1) is 12.7. The Hall–Kier alpha value is -1.85. The molecule has 1 saturated heterocycles. The highest BCUT2D eigenvalue weighted by Crippen LogP contribution is 2.53. The summed E-state index contributed by atoms with van der Waals surface area (Å²) in [5.74, 6) is 0.115. The summed E-state index contributed by atoms with van der Waals surface area (Å²) in [6.45, 7) is 8.13. The number of sulfonamides is 1. The number of hydrogen-bond acceptors (Lipinski definition) is 3. The quantitative estimate of drug-likeness (QED) is 0.743. The van der Waals surface area contributed by atoms with E-state index in [0.717, 1.165) is 29.7 Å². The van der Waals surface area contributed by atoms with Crippen LogP contribution in [0.1, 0.15) is 50.8 Å². The summed E-state index contributed by atoms with van der Waals surface area (Å²) < 4.78 is 35.4. The van der Waals surface area contributed by atoms with Crippen molar-refractivity contribution in [2.45, 2.75) is 63.2 Å². The van der Waals surface area contributed by atoms with Gasteiger partial charge in [0.2, 0.25) is 0 Å². The van der Waals surface area contributed by atoms with Crippen molar-refractivity contribution in [1.82, 2.24) is 0 Å². The molecular formula is C22H27NO3S. The van der Waals surface area contributed by atoms with Crippen LogP contribution >= 0.6 is 0 Å². The molecule has 2 aromatic rings. The summed E-state index contributed by atoms with van der Waals surface area (Å²) in [6, 6.07) is 14.9. The first-order valence-corrected chi connectivity index (χ1v) is 11.0. The molecule has 2 aromatic carbocycles. The largest absolute Gasteiger partial charge is 0.370 e. The van der Waals surface area contributed by atoms with Gasteiger partial charge < -0.3 is 4.74 Å². The lowest BCUT2D eigenvalue weighted by atomic mass is 9.72. The fourth-order valence-corrected chi connectivity index (χ4v) is 6.49. The van der Waals surface area contributed by atoms with Crippen LogP contribution in [0.2, 0.25) is 0 Å². The van der Waals surface area contributed by atoms with E-state index < -0.39 is 15.6 Å². The molecule has 2 aliphatic heterocycles. The normalized spacial score (nSPS) is 27.0. The van der Waals surface area contributed by atoms with Gasteiger partial charge in [0.25, 0.3) is 10.0 Å². The van der Waals surface area contributed by atoms with Crippen molar-refractivity contribution >= 4 is 15.7 Å². The van der Waals surface area contributed by atoms with Crippen LogP contribution in [0.15, 0.2) is 53.4 Å². The van der Waals surface area contributed by atoms with Gasteiger partial charge in [0.05, 0.1) is 28.3 Å². The van der Waals surface area contributed by atoms with Gasteiger partial charge in [-0.25, -0.2) is 8.42 Å². The standard InChI is InChI=1S/C22H27NO3S/c1-15-9-12-17(13-10-15)27(24,25)23-20-8-6-5-7-18(20)21-19(22(23,3)4)14-11-16(2)26-21/h5-10,12-13,16,19,21H,11,14H2,1-4H3. The van der Waals surface area contributed by atoms with Gasteiger partial charge in [-0.2, -0.15) is 0 Å². The average molecular weight is 386 g/mol. The van der Waals surface area contributed by atoms with Crippen LogP contribution in [0.25, 0.3) is 0 Å². The van der Waals surface area contributed by atoms with E-state index in [-0.39, 0.29) is 18.1 Å². The van der Waals surface area contributed by atoms with Gasteiger partial charge in [0.1, 0.15) is 0 Å². The molecule has 0 saturated carbocycles. The summed E-state index contributed by atoms with van der Waals surface area (Å²) in [5.41, 5.74) is 2.17. The second kappa shape index (κ2) is 6.35. The SMILES string of the molecule is Cc1ccc(S(=O)(=O)N2c3ccccc3C3OC(C)CCC3C2(C)C)cc1. The first kappa shape index (κ1) is 18.5. The van der Waals surface area contributed by atoms with Crippen LogP contribution < -0.4 is 4.31 Å². The molecule has 5 heteroatoms. The van der Waals surface area contributed by atoms with Gasteiger partial charge >= 0.3 is 0 Å². The molecule has 2 aliphatic rings. The predicted octanol–water partition coefficient (Wildman–Crippen LogP) is 4.84. The number of hydrogen-bond donors (Lipinski definition) is 0. The van der Waals surface area contributed by atoms with E-state index in [1.165, 1.54) is 0 Å². The number of rotatable bonds is 2. The van der Waals surface area contributed by atoms with Gasteiger partial charge in [-0.1, -0.05) is 35.9 Å². The molecule has 4 rings (SSSR count). The Bertz CT molecular complexity index is 950. The lowest BCUT2D eigenvalue weighted by molar-refractivity contribution is -0.0968. The molecule has 27 heavy (non-hydrogen) atoms. The maximum Gasteiger partial charge on any atom is 0.264 e. The number of para-hydroxylation sites is 1. The molecule has 0 aromatic heterocycles. The third kappa shape index (κ3) is 2.88. The Morgan fingerprint density at radius 2 is 1.70 bits per heavy atom. The molecule has 144 valence electrons.